The number of carbonyl (C=O) groups is 1. The molecular weight excluding hydrogens is 465 g/mol. The molecule has 3 aromatic carbocycles. The number of hydrogen-bond donors (Lipinski definition) is 2. The summed E-state index contributed by atoms with van der Waals surface area (Å²) in [5.41, 5.74) is 4.61. The second kappa shape index (κ2) is 11.8. The maximum atomic E-state index is 13.8. The van der Waals surface area contributed by atoms with Crippen LogP contribution in [-0.4, -0.2) is 34.8 Å². The van der Waals surface area contributed by atoms with Crippen LogP contribution < -0.4 is 15.5 Å². The molecule has 190 valence electrons. The van der Waals surface area contributed by atoms with Gasteiger partial charge in [-0.05, 0) is 48.7 Å². The molecule has 4 aromatic rings. The van der Waals surface area contributed by atoms with Crippen molar-refractivity contribution in [3.05, 3.63) is 119 Å². The second-order valence-electron chi connectivity index (χ2n) is 9.49. The van der Waals surface area contributed by atoms with Crippen molar-refractivity contribution in [2.75, 3.05) is 18.0 Å². The van der Waals surface area contributed by atoms with Crippen LogP contribution in [0, 0.1) is 5.82 Å². The Morgan fingerprint density at radius 3 is 2.38 bits per heavy atom. The molecule has 0 unspecified atom stereocenters. The van der Waals surface area contributed by atoms with E-state index in [2.05, 4.69) is 51.1 Å². The van der Waals surface area contributed by atoms with Crippen molar-refractivity contribution < 1.29 is 9.18 Å². The lowest BCUT2D eigenvalue weighted by atomic mass is 10.0. The molecule has 0 bridgehead atoms. The van der Waals surface area contributed by atoms with Crippen LogP contribution in [0.3, 0.4) is 0 Å². The van der Waals surface area contributed by atoms with Crippen molar-refractivity contribution in [3.63, 3.8) is 0 Å². The quantitative estimate of drug-likeness (QED) is 0.350. The van der Waals surface area contributed by atoms with Gasteiger partial charge in [0.25, 0.3) is 5.91 Å². The number of halogens is 1. The standard InChI is InChI=1S/C30H32FN5O/c31-29-9-5-4-8-26(29)20-33-30(37)25-10-12-28(13-11-25)35-16-14-27(15-17-35)32-18-24-19-34-36(22-24)21-23-6-2-1-3-7-23/h1-13,19,22,27,32H,14-18,20-21H2,(H,33,37). The molecule has 6 nitrogen and oxygen atoms in total. The van der Waals surface area contributed by atoms with Crippen LogP contribution in [0.5, 0.6) is 0 Å². The van der Waals surface area contributed by atoms with Crippen LogP contribution in [0.15, 0.2) is 91.3 Å². The van der Waals surface area contributed by atoms with Gasteiger partial charge in [-0.3, -0.25) is 9.48 Å². The van der Waals surface area contributed by atoms with Gasteiger partial charge in [0, 0.05) is 60.8 Å². The Morgan fingerprint density at radius 2 is 1.62 bits per heavy atom. The van der Waals surface area contributed by atoms with Gasteiger partial charge in [0.15, 0.2) is 0 Å². The number of hydrogen-bond acceptors (Lipinski definition) is 4. The van der Waals surface area contributed by atoms with Gasteiger partial charge >= 0.3 is 0 Å². The highest BCUT2D eigenvalue weighted by molar-refractivity contribution is 5.94. The summed E-state index contributed by atoms with van der Waals surface area (Å²) in [7, 11) is 0. The maximum absolute atomic E-state index is 13.8. The monoisotopic (exact) mass is 497 g/mol. The van der Waals surface area contributed by atoms with E-state index in [1.807, 2.05) is 41.2 Å². The molecule has 0 aliphatic carbocycles. The number of rotatable bonds is 9. The first-order valence-corrected chi connectivity index (χ1v) is 12.8. The van der Waals surface area contributed by atoms with Crippen molar-refractivity contribution in [1.82, 2.24) is 20.4 Å². The van der Waals surface area contributed by atoms with E-state index in [0.29, 0.717) is 17.2 Å². The number of piperidine rings is 1. The molecule has 0 saturated carbocycles. The van der Waals surface area contributed by atoms with E-state index in [4.69, 9.17) is 0 Å². The number of nitrogens with zero attached hydrogens (tertiary/aromatic N) is 3. The molecule has 0 atom stereocenters. The Labute approximate surface area is 217 Å². The molecule has 1 amide bonds. The predicted molar refractivity (Wildman–Crippen MR) is 144 cm³/mol. The van der Waals surface area contributed by atoms with E-state index >= 15 is 0 Å². The number of nitrogens with one attached hydrogen (secondary N) is 2. The second-order valence-corrected chi connectivity index (χ2v) is 9.49. The Morgan fingerprint density at radius 1 is 0.892 bits per heavy atom. The number of benzene rings is 3. The summed E-state index contributed by atoms with van der Waals surface area (Å²) in [6.07, 6.45) is 6.17. The minimum absolute atomic E-state index is 0.168. The van der Waals surface area contributed by atoms with Gasteiger partial charge in [0.1, 0.15) is 5.82 Å². The molecule has 1 fully saturated rings. The van der Waals surface area contributed by atoms with E-state index in [9.17, 15) is 9.18 Å². The summed E-state index contributed by atoms with van der Waals surface area (Å²) < 4.78 is 15.8. The summed E-state index contributed by atoms with van der Waals surface area (Å²) in [5, 5.41) is 11.0. The van der Waals surface area contributed by atoms with Gasteiger partial charge in [0.05, 0.1) is 12.7 Å². The first-order chi connectivity index (χ1) is 18.1. The number of carbonyl (C=O) groups excluding carboxylic acids is 1. The van der Waals surface area contributed by atoms with Gasteiger partial charge in [0.2, 0.25) is 0 Å². The molecule has 1 aliphatic rings. The lowest BCUT2D eigenvalue weighted by Gasteiger charge is -2.34. The average Bonchev–Trinajstić information content (AvgIpc) is 3.39. The van der Waals surface area contributed by atoms with E-state index in [1.54, 1.807) is 18.2 Å². The topological polar surface area (TPSA) is 62.2 Å². The van der Waals surface area contributed by atoms with Gasteiger partial charge in [-0.1, -0.05) is 48.5 Å². The van der Waals surface area contributed by atoms with Gasteiger partial charge < -0.3 is 15.5 Å². The Hall–Kier alpha value is -3.97. The lowest BCUT2D eigenvalue weighted by molar-refractivity contribution is 0.0950. The first-order valence-electron chi connectivity index (χ1n) is 12.8. The van der Waals surface area contributed by atoms with E-state index in [0.717, 1.165) is 44.7 Å². The normalized spacial score (nSPS) is 14.0. The molecule has 5 rings (SSSR count). The summed E-state index contributed by atoms with van der Waals surface area (Å²) in [4.78, 5) is 14.8. The summed E-state index contributed by atoms with van der Waals surface area (Å²) >= 11 is 0. The fraction of sp³-hybridized carbons (Fsp3) is 0.267. The minimum Gasteiger partial charge on any atom is -0.371 e. The van der Waals surface area contributed by atoms with E-state index in [-0.39, 0.29) is 18.3 Å². The molecule has 1 saturated heterocycles. The van der Waals surface area contributed by atoms with Crippen molar-refractivity contribution in [3.8, 4) is 0 Å². The van der Waals surface area contributed by atoms with E-state index in [1.165, 1.54) is 17.2 Å². The highest BCUT2D eigenvalue weighted by Gasteiger charge is 2.19. The average molecular weight is 498 g/mol. The highest BCUT2D eigenvalue weighted by Crippen LogP contribution is 2.21. The number of aromatic nitrogens is 2. The Bertz CT molecular complexity index is 1300. The molecular formula is C30H32FN5O. The van der Waals surface area contributed by atoms with Crippen molar-refractivity contribution in [2.24, 2.45) is 0 Å². The molecule has 1 aliphatic heterocycles. The summed E-state index contributed by atoms with van der Waals surface area (Å²) in [6, 6.07) is 25.0. The zero-order valence-electron chi connectivity index (χ0n) is 20.8. The summed E-state index contributed by atoms with van der Waals surface area (Å²) in [6.45, 7) is 3.69. The van der Waals surface area contributed by atoms with Crippen molar-refractivity contribution >= 4 is 11.6 Å². The Balaban J connectivity index is 1.05. The van der Waals surface area contributed by atoms with Crippen LogP contribution in [-0.2, 0) is 19.6 Å². The molecule has 7 heteroatoms. The van der Waals surface area contributed by atoms with Gasteiger partial charge in [-0.15, -0.1) is 0 Å². The van der Waals surface area contributed by atoms with Crippen molar-refractivity contribution in [1.29, 1.82) is 0 Å². The predicted octanol–water partition coefficient (Wildman–Crippen LogP) is 4.76. The third-order valence-electron chi connectivity index (χ3n) is 6.86. The molecule has 37 heavy (non-hydrogen) atoms. The fourth-order valence-electron chi connectivity index (χ4n) is 4.70. The molecule has 2 N–H and O–H groups in total. The first kappa shape index (κ1) is 24.7. The van der Waals surface area contributed by atoms with Gasteiger partial charge in [-0.25, -0.2) is 4.39 Å². The maximum Gasteiger partial charge on any atom is 0.251 e. The van der Waals surface area contributed by atoms with Crippen LogP contribution in [0.25, 0.3) is 0 Å². The summed E-state index contributed by atoms with van der Waals surface area (Å²) in [5.74, 6) is -0.515. The highest BCUT2D eigenvalue weighted by atomic mass is 19.1. The lowest BCUT2D eigenvalue weighted by Crippen LogP contribution is -2.42. The molecule has 1 aromatic heterocycles. The van der Waals surface area contributed by atoms with Crippen LogP contribution in [0.4, 0.5) is 10.1 Å². The zero-order chi connectivity index (χ0) is 25.5. The minimum atomic E-state index is -0.311. The molecule has 2 heterocycles. The molecule has 0 spiro atoms. The molecule has 0 radical (unpaired) electrons. The Kier molecular flexibility index (Phi) is 7.91. The number of anilines is 1. The SMILES string of the molecule is O=C(NCc1ccccc1F)c1ccc(N2CCC(NCc3cnn(Cc4ccccc4)c3)CC2)cc1. The van der Waals surface area contributed by atoms with Crippen LogP contribution in [0.2, 0.25) is 0 Å². The van der Waals surface area contributed by atoms with Crippen LogP contribution in [0.1, 0.15) is 39.9 Å². The largest absolute Gasteiger partial charge is 0.371 e. The third-order valence-corrected chi connectivity index (χ3v) is 6.86. The fourth-order valence-corrected chi connectivity index (χ4v) is 4.70. The van der Waals surface area contributed by atoms with E-state index < -0.39 is 0 Å². The zero-order valence-corrected chi connectivity index (χ0v) is 20.8. The smallest absolute Gasteiger partial charge is 0.251 e. The van der Waals surface area contributed by atoms with Crippen molar-refractivity contribution in [2.45, 2.75) is 38.5 Å². The number of amides is 1. The third kappa shape index (κ3) is 6.62. The van der Waals surface area contributed by atoms with Crippen LogP contribution >= 0.6 is 0 Å². The van der Waals surface area contributed by atoms with Gasteiger partial charge in [-0.2, -0.15) is 5.10 Å².